The van der Waals surface area contributed by atoms with Crippen LogP contribution >= 0.6 is 0 Å². The molecule has 1 heterocycles. The van der Waals surface area contributed by atoms with E-state index in [1.165, 1.54) is 0 Å². The summed E-state index contributed by atoms with van der Waals surface area (Å²) in [6.45, 7) is 8.75. The highest BCUT2D eigenvalue weighted by Gasteiger charge is 2.33. The van der Waals surface area contributed by atoms with Crippen LogP contribution < -0.4 is 10.2 Å². The number of carbonyl (C=O) groups is 1. The van der Waals surface area contributed by atoms with Gasteiger partial charge in [-0.1, -0.05) is 0 Å². The van der Waals surface area contributed by atoms with Crippen molar-refractivity contribution in [3.05, 3.63) is 24.3 Å². The van der Waals surface area contributed by atoms with E-state index in [1.807, 2.05) is 31.2 Å². The lowest BCUT2D eigenvalue weighted by atomic mass is 10.2. The molecule has 7 heteroatoms. The van der Waals surface area contributed by atoms with Gasteiger partial charge < -0.3 is 15.1 Å². The average Bonchev–Trinajstić information content (AvgIpc) is 2.95. The van der Waals surface area contributed by atoms with Crippen molar-refractivity contribution in [2.45, 2.75) is 33.2 Å². The molecule has 1 amide bonds. The molecule has 1 N–H and O–H groups in total. The van der Waals surface area contributed by atoms with E-state index in [4.69, 9.17) is 0 Å². The lowest BCUT2D eigenvalue weighted by Gasteiger charge is -2.27. The van der Waals surface area contributed by atoms with E-state index < -0.39 is 9.84 Å². The average molecular weight is 368 g/mol. The first-order valence-electron chi connectivity index (χ1n) is 8.99. The fraction of sp³-hybridized carbons (Fsp3) is 0.611. The van der Waals surface area contributed by atoms with Crippen LogP contribution in [0.2, 0.25) is 0 Å². The van der Waals surface area contributed by atoms with Crippen LogP contribution in [0.25, 0.3) is 0 Å². The highest BCUT2D eigenvalue weighted by molar-refractivity contribution is 7.91. The van der Waals surface area contributed by atoms with Crippen LogP contribution in [0.15, 0.2) is 24.3 Å². The van der Waals surface area contributed by atoms with E-state index in [0.717, 1.165) is 24.5 Å². The van der Waals surface area contributed by atoms with E-state index in [2.05, 4.69) is 24.1 Å². The molecule has 25 heavy (non-hydrogen) atoms. The second kappa shape index (κ2) is 8.56. The van der Waals surface area contributed by atoms with Crippen molar-refractivity contribution in [1.82, 2.24) is 4.90 Å². The standard InChI is InChI=1S/C18H29N3O3S/c1-4-20(5-2)16-9-7-15(8-10-16)19-13-18(22)21(6-3)17-11-12-25(23,24)14-17/h7-10,17,19H,4-6,11-14H2,1-3H3. The highest BCUT2D eigenvalue weighted by atomic mass is 32.2. The van der Waals surface area contributed by atoms with Gasteiger partial charge in [-0.25, -0.2) is 8.42 Å². The van der Waals surface area contributed by atoms with Gasteiger partial charge in [-0.15, -0.1) is 0 Å². The third-order valence-corrected chi connectivity index (χ3v) is 6.50. The second-order valence-electron chi connectivity index (χ2n) is 6.31. The van der Waals surface area contributed by atoms with Crippen molar-refractivity contribution in [1.29, 1.82) is 0 Å². The molecule has 1 aromatic rings. The number of hydrogen-bond acceptors (Lipinski definition) is 5. The lowest BCUT2D eigenvalue weighted by Crippen LogP contribution is -2.43. The Morgan fingerprint density at radius 1 is 1.12 bits per heavy atom. The van der Waals surface area contributed by atoms with Crippen molar-refractivity contribution >= 4 is 27.1 Å². The Labute approximate surface area is 151 Å². The predicted molar refractivity (Wildman–Crippen MR) is 103 cm³/mol. The Kier molecular flexibility index (Phi) is 6.70. The number of amides is 1. The summed E-state index contributed by atoms with van der Waals surface area (Å²) < 4.78 is 23.3. The Bertz CT molecular complexity index is 669. The molecule has 6 nitrogen and oxygen atoms in total. The van der Waals surface area contributed by atoms with Crippen LogP contribution in [0.1, 0.15) is 27.2 Å². The molecule has 0 radical (unpaired) electrons. The van der Waals surface area contributed by atoms with Crippen LogP contribution in [0.5, 0.6) is 0 Å². The van der Waals surface area contributed by atoms with Gasteiger partial charge in [0, 0.05) is 37.1 Å². The molecule has 2 rings (SSSR count). The molecule has 0 aromatic heterocycles. The molecule has 0 saturated carbocycles. The van der Waals surface area contributed by atoms with Gasteiger partial charge in [0.25, 0.3) is 0 Å². The predicted octanol–water partition coefficient (Wildman–Crippen LogP) is 1.98. The third kappa shape index (κ3) is 5.11. The monoisotopic (exact) mass is 367 g/mol. The van der Waals surface area contributed by atoms with Crippen molar-refractivity contribution in [3.8, 4) is 0 Å². The molecule has 1 unspecified atom stereocenters. The van der Waals surface area contributed by atoms with Gasteiger partial charge in [0.1, 0.15) is 0 Å². The lowest BCUT2D eigenvalue weighted by molar-refractivity contribution is -0.130. The summed E-state index contributed by atoms with van der Waals surface area (Å²) in [5.41, 5.74) is 2.05. The zero-order valence-corrected chi connectivity index (χ0v) is 16.2. The molecule has 0 spiro atoms. The van der Waals surface area contributed by atoms with Gasteiger partial charge in [-0.3, -0.25) is 4.79 Å². The zero-order valence-electron chi connectivity index (χ0n) is 15.4. The van der Waals surface area contributed by atoms with Crippen molar-refractivity contribution in [3.63, 3.8) is 0 Å². The van der Waals surface area contributed by atoms with E-state index in [1.54, 1.807) is 4.90 Å². The summed E-state index contributed by atoms with van der Waals surface area (Å²) in [6.07, 6.45) is 0.542. The van der Waals surface area contributed by atoms with Crippen LogP contribution in [0.4, 0.5) is 11.4 Å². The fourth-order valence-electron chi connectivity index (χ4n) is 3.32. The number of anilines is 2. The smallest absolute Gasteiger partial charge is 0.242 e. The van der Waals surface area contributed by atoms with Gasteiger partial charge in [0.05, 0.1) is 18.1 Å². The number of hydrogen-bond donors (Lipinski definition) is 1. The SMILES string of the molecule is CCN(CC)c1ccc(NCC(=O)N(CC)C2CCS(=O)(=O)C2)cc1. The highest BCUT2D eigenvalue weighted by Crippen LogP contribution is 2.19. The minimum absolute atomic E-state index is 0.0579. The Morgan fingerprint density at radius 2 is 1.76 bits per heavy atom. The van der Waals surface area contributed by atoms with Crippen LogP contribution in [0.3, 0.4) is 0 Å². The van der Waals surface area contributed by atoms with Crippen LogP contribution in [-0.4, -0.2) is 63.0 Å². The molecule has 1 atom stereocenters. The number of carbonyl (C=O) groups excluding carboxylic acids is 1. The minimum atomic E-state index is -2.99. The van der Waals surface area contributed by atoms with Crippen LogP contribution in [0, 0.1) is 0 Å². The van der Waals surface area contributed by atoms with Crippen LogP contribution in [-0.2, 0) is 14.6 Å². The first-order chi connectivity index (χ1) is 11.9. The summed E-state index contributed by atoms with van der Waals surface area (Å²) in [5.74, 6) is 0.213. The summed E-state index contributed by atoms with van der Waals surface area (Å²) >= 11 is 0. The summed E-state index contributed by atoms with van der Waals surface area (Å²) in [7, 11) is -2.99. The fourth-order valence-corrected chi connectivity index (χ4v) is 5.05. The van der Waals surface area contributed by atoms with E-state index in [9.17, 15) is 13.2 Å². The maximum Gasteiger partial charge on any atom is 0.242 e. The number of nitrogens with zero attached hydrogens (tertiary/aromatic N) is 2. The summed E-state index contributed by atoms with van der Waals surface area (Å²) in [6, 6.07) is 7.84. The summed E-state index contributed by atoms with van der Waals surface area (Å²) in [4.78, 5) is 16.4. The molecule has 1 fully saturated rings. The molecule has 0 aliphatic carbocycles. The number of likely N-dealkylation sites (N-methyl/N-ethyl adjacent to an activating group) is 1. The quantitative estimate of drug-likeness (QED) is 0.761. The van der Waals surface area contributed by atoms with E-state index in [0.29, 0.717) is 13.0 Å². The Morgan fingerprint density at radius 3 is 2.24 bits per heavy atom. The normalized spacial score (nSPS) is 18.8. The van der Waals surface area contributed by atoms with Gasteiger partial charge in [-0.05, 0) is 51.5 Å². The topological polar surface area (TPSA) is 69.7 Å². The number of benzene rings is 1. The maximum absolute atomic E-state index is 12.5. The van der Waals surface area contributed by atoms with Gasteiger partial charge in [-0.2, -0.15) is 0 Å². The molecular weight excluding hydrogens is 338 g/mol. The largest absolute Gasteiger partial charge is 0.376 e. The van der Waals surface area contributed by atoms with E-state index in [-0.39, 0.29) is 30.0 Å². The third-order valence-electron chi connectivity index (χ3n) is 4.75. The van der Waals surface area contributed by atoms with Gasteiger partial charge in [0.2, 0.25) is 5.91 Å². The van der Waals surface area contributed by atoms with Crippen molar-refractivity contribution in [2.24, 2.45) is 0 Å². The molecule has 1 aromatic carbocycles. The Hall–Kier alpha value is -1.76. The Balaban J connectivity index is 1.92. The number of sulfone groups is 1. The molecular formula is C18H29N3O3S. The first-order valence-corrected chi connectivity index (χ1v) is 10.8. The first kappa shape index (κ1) is 19.6. The molecule has 1 saturated heterocycles. The van der Waals surface area contributed by atoms with Gasteiger partial charge in [0.15, 0.2) is 9.84 Å². The van der Waals surface area contributed by atoms with Crippen molar-refractivity contribution < 1.29 is 13.2 Å². The number of rotatable bonds is 8. The summed E-state index contributed by atoms with van der Waals surface area (Å²) in [5, 5.41) is 3.15. The maximum atomic E-state index is 12.5. The van der Waals surface area contributed by atoms with Gasteiger partial charge >= 0.3 is 0 Å². The minimum Gasteiger partial charge on any atom is -0.376 e. The second-order valence-corrected chi connectivity index (χ2v) is 8.54. The zero-order chi connectivity index (χ0) is 18.4. The molecule has 1 aliphatic heterocycles. The van der Waals surface area contributed by atoms with E-state index >= 15 is 0 Å². The molecule has 1 aliphatic rings. The molecule has 0 bridgehead atoms. The molecule has 140 valence electrons. The van der Waals surface area contributed by atoms with Crippen molar-refractivity contribution in [2.75, 3.05) is 47.9 Å². The number of nitrogens with one attached hydrogen (secondary N) is 1.